The number of fused-ring (bicyclic) bond motifs is 2. The van der Waals surface area contributed by atoms with Gasteiger partial charge in [-0.15, -0.1) is 0 Å². The third-order valence-corrected chi connectivity index (χ3v) is 4.24. The van der Waals surface area contributed by atoms with E-state index in [0.29, 0.717) is 17.9 Å². The highest BCUT2D eigenvalue weighted by Gasteiger charge is 2.34. The Morgan fingerprint density at radius 1 is 1.28 bits per heavy atom. The molecule has 0 spiro atoms. The van der Waals surface area contributed by atoms with Gasteiger partial charge in [0.05, 0.1) is 0 Å². The molecule has 3 heterocycles. The quantitative estimate of drug-likeness (QED) is 0.813. The van der Waals surface area contributed by atoms with E-state index in [0.717, 1.165) is 24.0 Å². The minimum absolute atomic E-state index is 0.199. The fourth-order valence-corrected chi connectivity index (χ4v) is 3.41. The van der Waals surface area contributed by atoms with E-state index in [1.54, 1.807) is 12.4 Å². The second-order valence-electron chi connectivity index (χ2n) is 5.77. The van der Waals surface area contributed by atoms with E-state index < -0.39 is 0 Å². The molecule has 3 nitrogen and oxygen atoms in total. The molecule has 2 bridgehead atoms. The van der Waals surface area contributed by atoms with Crippen molar-refractivity contribution in [3.8, 4) is 0 Å². The highest BCUT2D eigenvalue weighted by molar-refractivity contribution is 5.97. The standard InChI is InChI=1S/C15H20N2O/c1-10-5-12(9-16-8-10)15(18)11-6-13-3-2-4-14(7-11)17-13/h5,8-9,11,13-14,17H,2-4,6-7H2,1H3. The summed E-state index contributed by atoms with van der Waals surface area (Å²) in [5.74, 6) is 0.495. The van der Waals surface area contributed by atoms with E-state index >= 15 is 0 Å². The van der Waals surface area contributed by atoms with Gasteiger partial charge >= 0.3 is 0 Å². The van der Waals surface area contributed by atoms with Crippen molar-refractivity contribution >= 4 is 5.78 Å². The second-order valence-corrected chi connectivity index (χ2v) is 5.77. The smallest absolute Gasteiger partial charge is 0.167 e. The summed E-state index contributed by atoms with van der Waals surface area (Å²) in [6.07, 6.45) is 9.29. The van der Waals surface area contributed by atoms with Crippen LogP contribution >= 0.6 is 0 Å². The third kappa shape index (κ3) is 2.32. The van der Waals surface area contributed by atoms with Gasteiger partial charge in [0.1, 0.15) is 0 Å². The average Bonchev–Trinajstić information content (AvgIpc) is 2.37. The van der Waals surface area contributed by atoms with Crippen molar-refractivity contribution in [3.05, 3.63) is 29.6 Å². The largest absolute Gasteiger partial charge is 0.311 e. The Labute approximate surface area is 108 Å². The molecular weight excluding hydrogens is 224 g/mol. The van der Waals surface area contributed by atoms with E-state index in [1.807, 2.05) is 13.0 Å². The van der Waals surface area contributed by atoms with Crippen LogP contribution < -0.4 is 5.32 Å². The summed E-state index contributed by atoms with van der Waals surface area (Å²) in [6.45, 7) is 1.99. The summed E-state index contributed by atoms with van der Waals surface area (Å²) in [7, 11) is 0. The van der Waals surface area contributed by atoms with Gasteiger partial charge in [-0.3, -0.25) is 9.78 Å². The molecule has 0 saturated carbocycles. The van der Waals surface area contributed by atoms with Gasteiger partial charge in [-0.25, -0.2) is 0 Å². The van der Waals surface area contributed by atoms with E-state index in [-0.39, 0.29) is 5.92 Å². The molecule has 2 aliphatic heterocycles. The maximum Gasteiger partial charge on any atom is 0.167 e. The van der Waals surface area contributed by atoms with Crippen LogP contribution in [0.15, 0.2) is 18.5 Å². The molecule has 0 aromatic carbocycles. The van der Waals surface area contributed by atoms with Crippen LogP contribution in [0.1, 0.15) is 48.0 Å². The SMILES string of the molecule is Cc1cncc(C(=O)C2CC3CCCC(C2)N3)c1. The Balaban J connectivity index is 1.76. The van der Waals surface area contributed by atoms with Crippen LogP contribution in [-0.2, 0) is 0 Å². The van der Waals surface area contributed by atoms with Crippen molar-refractivity contribution in [2.75, 3.05) is 0 Å². The van der Waals surface area contributed by atoms with E-state index in [1.165, 1.54) is 19.3 Å². The minimum atomic E-state index is 0.199. The monoisotopic (exact) mass is 244 g/mol. The molecule has 96 valence electrons. The fraction of sp³-hybridized carbons (Fsp3) is 0.600. The number of rotatable bonds is 2. The number of aromatic nitrogens is 1. The first-order valence-corrected chi connectivity index (χ1v) is 6.94. The minimum Gasteiger partial charge on any atom is -0.311 e. The predicted octanol–water partition coefficient (Wildman–Crippen LogP) is 2.49. The van der Waals surface area contributed by atoms with Crippen LogP contribution in [0.5, 0.6) is 0 Å². The lowest BCUT2D eigenvalue weighted by Gasteiger charge is -2.39. The Morgan fingerprint density at radius 2 is 2.00 bits per heavy atom. The van der Waals surface area contributed by atoms with Crippen molar-refractivity contribution in [3.63, 3.8) is 0 Å². The molecule has 2 aliphatic rings. The molecule has 18 heavy (non-hydrogen) atoms. The number of carbonyl (C=O) groups is 1. The van der Waals surface area contributed by atoms with Gasteiger partial charge in [0, 0.05) is 36.0 Å². The zero-order valence-electron chi connectivity index (χ0n) is 10.9. The van der Waals surface area contributed by atoms with Crippen LogP contribution in [0.4, 0.5) is 0 Å². The Bertz CT molecular complexity index is 446. The topological polar surface area (TPSA) is 42.0 Å². The first-order valence-electron chi connectivity index (χ1n) is 6.94. The number of nitrogens with one attached hydrogen (secondary N) is 1. The van der Waals surface area contributed by atoms with Crippen LogP contribution in [0.3, 0.4) is 0 Å². The highest BCUT2D eigenvalue weighted by atomic mass is 16.1. The van der Waals surface area contributed by atoms with Gasteiger partial charge in [0.15, 0.2) is 5.78 Å². The summed E-state index contributed by atoms with van der Waals surface area (Å²) in [6, 6.07) is 3.08. The molecule has 1 aromatic rings. The molecule has 1 N–H and O–H groups in total. The Morgan fingerprint density at radius 3 is 2.67 bits per heavy atom. The number of piperidine rings is 2. The van der Waals surface area contributed by atoms with E-state index in [9.17, 15) is 4.79 Å². The molecule has 0 radical (unpaired) electrons. The number of hydrogen-bond donors (Lipinski definition) is 1. The van der Waals surface area contributed by atoms with Gasteiger partial charge in [-0.2, -0.15) is 0 Å². The molecule has 0 aliphatic carbocycles. The zero-order chi connectivity index (χ0) is 12.5. The summed E-state index contributed by atoms with van der Waals surface area (Å²) in [4.78, 5) is 16.7. The molecular formula is C15H20N2O. The summed E-state index contributed by atoms with van der Waals surface area (Å²) >= 11 is 0. The molecule has 2 fully saturated rings. The van der Waals surface area contributed by atoms with E-state index in [2.05, 4.69) is 10.3 Å². The number of ketones is 1. The Hall–Kier alpha value is -1.22. The zero-order valence-corrected chi connectivity index (χ0v) is 10.9. The normalized spacial score (nSPS) is 31.1. The van der Waals surface area contributed by atoms with Crippen molar-refractivity contribution in [1.82, 2.24) is 10.3 Å². The molecule has 2 saturated heterocycles. The lowest BCUT2D eigenvalue weighted by Crippen LogP contribution is -2.50. The maximum absolute atomic E-state index is 12.5. The molecule has 1 aromatic heterocycles. The van der Waals surface area contributed by atoms with Gasteiger partial charge in [-0.1, -0.05) is 6.42 Å². The number of hydrogen-bond acceptors (Lipinski definition) is 3. The predicted molar refractivity (Wildman–Crippen MR) is 70.6 cm³/mol. The summed E-state index contributed by atoms with van der Waals surface area (Å²) < 4.78 is 0. The maximum atomic E-state index is 12.5. The molecule has 2 unspecified atom stereocenters. The van der Waals surface area contributed by atoms with Gasteiger partial charge in [0.25, 0.3) is 0 Å². The first-order chi connectivity index (χ1) is 8.72. The Kier molecular flexibility index (Phi) is 3.16. The molecule has 2 atom stereocenters. The molecule has 3 rings (SSSR count). The second kappa shape index (κ2) is 4.81. The number of aryl methyl sites for hydroxylation is 1. The molecule has 3 heteroatoms. The van der Waals surface area contributed by atoms with Gasteiger partial charge in [-0.05, 0) is 44.2 Å². The van der Waals surface area contributed by atoms with Crippen molar-refractivity contribution < 1.29 is 4.79 Å². The fourth-order valence-electron chi connectivity index (χ4n) is 3.41. The van der Waals surface area contributed by atoms with Gasteiger partial charge < -0.3 is 5.32 Å². The van der Waals surface area contributed by atoms with Crippen LogP contribution in [0, 0.1) is 12.8 Å². The lowest BCUT2D eigenvalue weighted by atomic mass is 9.77. The van der Waals surface area contributed by atoms with Crippen LogP contribution in [-0.4, -0.2) is 22.9 Å². The van der Waals surface area contributed by atoms with Crippen molar-refractivity contribution in [2.24, 2.45) is 5.92 Å². The van der Waals surface area contributed by atoms with Gasteiger partial charge in [0.2, 0.25) is 0 Å². The van der Waals surface area contributed by atoms with Crippen molar-refractivity contribution in [1.29, 1.82) is 0 Å². The summed E-state index contributed by atoms with van der Waals surface area (Å²) in [5, 5.41) is 3.63. The highest BCUT2D eigenvalue weighted by Crippen LogP contribution is 2.31. The summed E-state index contributed by atoms with van der Waals surface area (Å²) in [5.41, 5.74) is 1.86. The molecule has 0 amide bonds. The van der Waals surface area contributed by atoms with E-state index in [4.69, 9.17) is 0 Å². The number of pyridine rings is 1. The van der Waals surface area contributed by atoms with Crippen LogP contribution in [0.25, 0.3) is 0 Å². The number of carbonyl (C=O) groups excluding carboxylic acids is 1. The number of nitrogens with zero attached hydrogens (tertiary/aromatic N) is 1. The lowest BCUT2D eigenvalue weighted by molar-refractivity contribution is 0.0824. The third-order valence-electron chi connectivity index (χ3n) is 4.24. The van der Waals surface area contributed by atoms with Crippen molar-refractivity contribution in [2.45, 2.75) is 51.1 Å². The first kappa shape index (κ1) is 11.8. The average molecular weight is 244 g/mol. The number of Topliss-reactive ketones (excluding diaryl/α,β-unsaturated/α-hetero) is 1. The van der Waals surface area contributed by atoms with Crippen LogP contribution in [0.2, 0.25) is 0 Å².